The molecule has 24 heavy (non-hydrogen) atoms. The van der Waals surface area contributed by atoms with Crippen LogP contribution >= 0.6 is 11.3 Å². The Morgan fingerprint density at radius 2 is 2.12 bits per heavy atom. The maximum Gasteiger partial charge on any atom is 0.0594 e. The molecule has 0 atom stereocenters. The van der Waals surface area contributed by atoms with Gasteiger partial charge in [0.15, 0.2) is 0 Å². The summed E-state index contributed by atoms with van der Waals surface area (Å²) in [7, 11) is 0. The zero-order valence-corrected chi connectivity index (χ0v) is 15.3. The second kappa shape index (κ2) is 9.28. The molecule has 3 rings (SSSR count). The number of pyridine rings is 1. The zero-order chi connectivity index (χ0) is 16.6. The van der Waals surface area contributed by atoms with Crippen molar-refractivity contribution in [3.8, 4) is 0 Å². The van der Waals surface area contributed by atoms with Gasteiger partial charge in [-0.2, -0.15) is 0 Å². The standard InChI is InChI=1S/C19H27N3OS/c1-17-5-13-24-19(17)16-22(15-18-4-2-6-20-14-18)8-3-7-21-9-11-23-12-10-21/h2,4-6,13-14H,3,7-12,15-16H2,1H3. The Labute approximate surface area is 149 Å². The molecule has 0 aliphatic carbocycles. The van der Waals surface area contributed by atoms with Crippen molar-refractivity contribution >= 4 is 11.3 Å². The summed E-state index contributed by atoms with van der Waals surface area (Å²) < 4.78 is 5.43. The number of hydrogen-bond acceptors (Lipinski definition) is 5. The molecule has 1 fully saturated rings. The molecule has 0 unspecified atom stereocenters. The first kappa shape index (κ1) is 17.5. The summed E-state index contributed by atoms with van der Waals surface area (Å²) in [6, 6.07) is 6.41. The van der Waals surface area contributed by atoms with Gasteiger partial charge in [0.05, 0.1) is 13.2 Å². The average molecular weight is 346 g/mol. The van der Waals surface area contributed by atoms with Crippen molar-refractivity contribution < 1.29 is 4.74 Å². The van der Waals surface area contributed by atoms with Crippen molar-refractivity contribution in [3.05, 3.63) is 52.0 Å². The molecule has 0 spiro atoms. The fourth-order valence-electron chi connectivity index (χ4n) is 3.08. The number of aryl methyl sites for hydroxylation is 1. The quantitative estimate of drug-likeness (QED) is 0.735. The molecule has 4 nitrogen and oxygen atoms in total. The van der Waals surface area contributed by atoms with E-state index in [2.05, 4.69) is 39.2 Å². The Kier molecular flexibility index (Phi) is 6.78. The first-order valence-corrected chi connectivity index (χ1v) is 9.63. The minimum atomic E-state index is 0.883. The fraction of sp³-hybridized carbons (Fsp3) is 0.526. The van der Waals surface area contributed by atoms with Crippen LogP contribution < -0.4 is 0 Å². The molecule has 0 saturated carbocycles. The lowest BCUT2D eigenvalue weighted by molar-refractivity contribution is 0.0359. The van der Waals surface area contributed by atoms with Crippen LogP contribution in [-0.4, -0.2) is 54.2 Å². The first-order chi connectivity index (χ1) is 11.8. The summed E-state index contributed by atoms with van der Waals surface area (Å²) in [6.07, 6.45) is 5.02. The van der Waals surface area contributed by atoms with Crippen molar-refractivity contribution in [3.63, 3.8) is 0 Å². The van der Waals surface area contributed by atoms with Crippen LogP contribution in [0.25, 0.3) is 0 Å². The highest BCUT2D eigenvalue weighted by molar-refractivity contribution is 7.10. The largest absolute Gasteiger partial charge is 0.379 e. The van der Waals surface area contributed by atoms with Gasteiger partial charge in [0.1, 0.15) is 0 Å². The van der Waals surface area contributed by atoms with Crippen molar-refractivity contribution in [2.75, 3.05) is 39.4 Å². The lowest BCUT2D eigenvalue weighted by atomic mass is 10.2. The van der Waals surface area contributed by atoms with Gasteiger partial charge in [-0.3, -0.25) is 14.8 Å². The highest BCUT2D eigenvalue weighted by Crippen LogP contribution is 2.19. The van der Waals surface area contributed by atoms with E-state index in [9.17, 15) is 0 Å². The third kappa shape index (κ3) is 5.38. The Hall–Kier alpha value is -1.27. The Morgan fingerprint density at radius 3 is 2.83 bits per heavy atom. The molecule has 1 aliphatic rings. The number of nitrogens with zero attached hydrogens (tertiary/aromatic N) is 3. The van der Waals surface area contributed by atoms with Crippen molar-refractivity contribution in [1.29, 1.82) is 0 Å². The van der Waals surface area contributed by atoms with Crippen LogP contribution in [-0.2, 0) is 17.8 Å². The van der Waals surface area contributed by atoms with Crippen molar-refractivity contribution in [2.45, 2.75) is 26.4 Å². The van der Waals surface area contributed by atoms with E-state index < -0.39 is 0 Å². The first-order valence-electron chi connectivity index (χ1n) is 8.75. The molecule has 0 amide bonds. The minimum absolute atomic E-state index is 0.883. The predicted octanol–water partition coefficient (Wildman–Crippen LogP) is 3.18. The lowest BCUT2D eigenvalue weighted by Gasteiger charge is -2.28. The van der Waals surface area contributed by atoms with E-state index in [1.807, 2.05) is 29.8 Å². The van der Waals surface area contributed by atoms with E-state index in [0.717, 1.165) is 52.5 Å². The number of thiophene rings is 1. The molecule has 130 valence electrons. The predicted molar refractivity (Wildman–Crippen MR) is 99.3 cm³/mol. The smallest absolute Gasteiger partial charge is 0.0594 e. The second-order valence-corrected chi connectivity index (χ2v) is 7.41. The molecule has 0 bridgehead atoms. The van der Waals surface area contributed by atoms with Crippen LogP contribution in [0.4, 0.5) is 0 Å². The maximum atomic E-state index is 5.43. The molecule has 0 radical (unpaired) electrons. The van der Waals surface area contributed by atoms with Gasteiger partial charge in [0.25, 0.3) is 0 Å². The van der Waals surface area contributed by atoms with Gasteiger partial charge < -0.3 is 4.74 Å². The minimum Gasteiger partial charge on any atom is -0.379 e. The second-order valence-electron chi connectivity index (χ2n) is 6.41. The molecular weight excluding hydrogens is 318 g/mol. The van der Waals surface area contributed by atoms with Gasteiger partial charge >= 0.3 is 0 Å². The van der Waals surface area contributed by atoms with Gasteiger partial charge in [0, 0.05) is 50.0 Å². The highest BCUT2D eigenvalue weighted by atomic mass is 32.1. The number of ether oxygens (including phenoxy) is 1. The molecule has 0 aromatic carbocycles. The van der Waals surface area contributed by atoms with Crippen LogP contribution in [0, 0.1) is 6.92 Å². The summed E-state index contributed by atoms with van der Waals surface area (Å²) in [5.41, 5.74) is 2.70. The normalized spacial score (nSPS) is 15.9. The van der Waals surface area contributed by atoms with Crippen molar-refractivity contribution in [2.24, 2.45) is 0 Å². The summed E-state index contributed by atoms with van der Waals surface area (Å²) in [4.78, 5) is 10.8. The summed E-state index contributed by atoms with van der Waals surface area (Å²) in [5.74, 6) is 0. The Balaban J connectivity index is 1.55. The third-order valence-corrected chi connectivity index (χ3v) is 5.52. The van der Waals surface area contributed by atoms with Crippen LogP contribution in [0.2, 0.25) is 0 Å². The van der Waals surface area contributed by atoms with Gasteiger partial charge in [-0.1, -0.05) is 6.07 Å². The molecule has 3 heterocycles. The van der Waals surface area contributed by atoms with E-state index in [-0.39, 0.29) is 0 Å². The van der Waals surface area contributed by atoms with E-state index in [1.54, 1.807) is 0 Å². The van der Waals surface area contributed by atoms with E-state index in [4.69, 9.17) is 4.74 Å². The molecule has 1 saturated heterocycles. The number of hydrogen-bond donors (Lipinski definition) is 0. The van der Waals surface area contributed by atoms with Gasteiger partial charge in [-0.25, -0.2) is 0 Å². The number of rotatable bonds is 8. The van der Waals surface area contributed by atoms with E-state index in [1.165, 1.54) is 22.4 Å². The Bertz CT molecular complexity index is 596. The van der Waals surface area contributed by atoms with Gasteiger partial charge in [-0.15, -0.1) is 11.3 Å². The number of aromatic nitrogens is 1. The lowest BCUT2D eigenvalue weighted by Crippen LogP contribution is -2.38. The Morgan fingerprint density at radius 1 is 1.25 bits per heavy atom. The molecule has 1 aliphatic heterocycles. The summed E-state index contributed by atoms with van der Waals surface area (Å²) in [5, 5.41) is 2.20. The molecule has 2 aromatic heterocycles. The van der Waals surface area contributed by atoms with Crippen LogP contribution in [0.3, 0.4) is 0 Å². The topological polar surface area (TPSA) is 28.6 Å². The summed E-state index contributed by atoms with van der Waals surface area (Å²) in [6.45, 7) is 10.4. The average Bonchev–Trinajstić information content (AvgIpc) is 3.01. The number of morpholine rings is 1. The van der Waals surface area contributed by atoms with Crippen molar-refractivity contribution in [1.82, 2.24) is 14.8 Å². The highest BCUT2D eigenvalue weighted by Gasteiger charge is 2.13. The monoisotopic (exact) mass is 345 g/mol. The van der Waals surface area contributed by atoms with Crippen LogP contribution in [0.5, 0.6) is 0 Å². The fourth-order valence-corrected chi connectivity index (χ4v) is 4.02. The third-order valence-electron chi connectivity index (χ3n) is 4.52. The molecule has 5 heteroatoms. The van der Waals surface area contributed by atoms with E-state index in [0.29, 0.717) is 0 Å². The van der Waals surface area contributed by atoms with Crippen LogP contribution in [0.1, 0.15) is 22.4 Å². The zero-order valence-electron chi connectivity index (χ0n) is 14.5. The molecular formula is C19H27N3OS. The van der Waals surface area contributed by atoms with Gasteiger partial charge in [-0.05, 0) is 48.5 Å². The maximum absolute atomic E-state index is 5.43. The van der Waals surface area contributed by atoms with Crippen LogP contribution in [0.15, 0.2) is 36.0 Å². The SMILES string of the molecule is Cc1ccsc1CN(CCCN1CCOCC1)Cc1cccnc1. The molecule has 2 aromatic rings. The molecule has 0 N–H and O–H groups in total. The van der Waals surface area contributed by atoms with Gasteiger partial charge in [0.2, 0.25) is 0 Å². The summed E-state index contributed by atoms with van der Waals surface area (Å²) >= 11 is 1.87. The van der Waals surface area contributed by atoms with E-state index >= 15 is 0 Å².